The molecule has 1 heteroatoms. The Kier molecular flexibility index (Phi) is 1.95. The van der Waals surface area contributed by atoms with Crippen molar-refractivity contribution in [3.8, 4) is 11.3 Å². The van der Waals surface area contributed by atoms with Crippen LogP contribution in [0, 0.1) is 0 Å². The molecule has 1 aliphatic heterocycles. The van der Waals surface area contributed by atoms with E-state index in [0.29, 0.717) is 6.04 Å². The van der Waals surface area contributed by atoms with Crippen LogP contribution in [0.15, 0.2) is 42.6 Å². The van der Waals surface area contributed by atoms with Gasteiger partial charge in [-0.05, 0) is 24.6 Å². The standard InChI is InChI=1S/C12H11N.CH4/c1-9-10-5-2-3-6-11(10)12-7-4-8-13(9)12;/h2-9H,1H3;1H4. The van der Waals surface area contributed by atoms with Crippen LogP contribution in [0.25, 0.3) is 11.3 Å². The second-order valence-electron chi connectivity index (χ2n) is 3.56. The molecule has 0 N–H and O–H groups in total. The summed E-state index contributed by atoms with van der Waals surface area (Å²) in [6, 6.07) is 13.4. The molecule has 0 saturated heterocycles. The summed E-state index contributed by atoms with van der Waals surface area (Å²) in [7, 11) is 0. The van der Waals surface area contributed by atoms with Crippen LogP contribution < -0.4 is 0 Å². The molecule has 1 unspecified atom stereocenters. The van der Waals surface area contributed by atoms with Crippen LogP contribution in [0.1, 0.15) is 26.0 Å². The molecule has 2 aromatic rings. The van der Waals surface area contributed by atoms with Gasteiger partial charge in [0, 0.05) is 17.5 Å². The molecule has 0 radical (unpaired) electrons. The minimum absolute atomic E-state index is 0. The van der Waals surface area contributed by atoms with Crippen molar-refractivity contribution in [2.75, 3.05) is 0 Å². The first kappa shape index (κ1) is 9.07. The largest absolute Gasteiger partial charge is 0.340 e. The summed E-state index contributed by atoms with van der Waals surface area (Å²) in [4.78, 5) is 0. The monoisotopic (exact) mass is 185 g/mol. The Morgan fingerprint density at radius 3 is 2.71 bits per heavy atom. The molecule has 0 bridgehead atoms. The molecule has 2 heterocycles. The van der Waals surface area contributed by atoms with Gasteiger partial charge in [0.15, 0.2) is 0 Å². The highest BCUT2D eigenvalue weighted by Gasteiger charge is 2.22. The molecule has 14 heavy (non-hydrogen) atoms. The maximum absolute atomic E-state index is 2.32. The summed E-state index contributed by atoms with van der Waals surface area (Å²) in [6.07, 6.45) is 2.15. The Morgan fingerprint density at radius 1 is 1.07 bits per heavy atom. The molecule has 0 spiro atoms. The van der Waals surface area contributed by atoms with Crippen molar-refractivity contribution in [3.05, 3.63) is 48.2 Å². The Labute approximate surface area is 85.0 Å². The first-order chi connectivity index (χ1) is 6.38. The van der Waals surface area contributed by atoms with Crippen LogP contribution in [0.5, 0.6) is 0 Å². The fraction of sp³-hybridized carbons (Fsp3) is 0.231. The second-order valence-corrected chi connectivity index (χ2v) is 3.56. The molecule has 0 saturated carbocycles. The lowest BCUT2D eigenvalue weighted by Crippen LogP contribution is -1.97. The number of nitrogens with zero attached hydrogens (tertiary/aromatic N) is 1. The zero-order valence-electron chi connectivity index (χ0n) is 7.57. The molecule has 0 aliphatic carbocycles. The number of rotatable bonds is 0. The molecule has 72 valence electrons. The van der Waals surface area contributed by atoms with Crippen LogP contribution >= 0.6 is 0 Å². The van der Waals surface area contributed by atoms with Crippen molar-refractivity contribution in [3.63, 3.8) is 0 Å². The lowest BCUT2D eigenvalue weighted by molar-refractivity contribution is 0.678. The van der Waals surface area contributed by atoms with Crippen LogP contribution in [-0.2, 0) is 0 Å². The summed E-state index contributed by atoms with van der Waals surface area (Å²) >= 11 is 0. The van der Waals surface area contributed by atoms with Gasteiger partial charge in [0.1, 0.15) is 0 Å². The van der Waals surface area contributed by atoms with Crippen LogP contribution in [-0.4, -0.2) is 4.57 Å². The molecule has 1 aromatic heterocycles. The Balaban J connectivity index is 0.000000750. The van der Waals surface area contributed by atoms with E-state index in [4.69, 9.17) is 0 Å². The van der Waals surface area contributed by atoms with Crippen LogP contribution in [0.2, 0.25) is 0 Å². The number of benzene rings is 1. The third kappa shape index (κ3) is 0.955. The van der Waals surface area contributed by atoms with E-state index in [1.54, 1.807) is 0 Å². The maximum atomic E-state index is 2.32. The molecule has 1 aliphatic rings. The number of hydrogen-bond donors (Lipinski definition) is 0. The van der Waals surface area contributed by atoms with Crippen molar-refractivity contribution in [1.29, 1.82) is 0 Å². The highest BCUT2D eigenvalue weighted by atomic mass is 15.0. The van der Waals surface area contributed by atoms with E-state index in [9.17, 15) is 0 Å². The van der Waals surface area contributed by atoms with Gasteiger partial charge in [-0.3, -0.25) is 0 Å². The van der Waals surface area contributed by atoms with E-state index in [2.05, 4.69) is 54.1 Å². The summed E-state index contributed by atoms with van der Waals surface area (Å²) in [5, 5.41) is 0. The van der Waals surface area contributed by atoms with E-state index >= 15 is 0 Å². The predicted molar refractivity (Wildman–Crippen MR) is 60.4 cm³/mol. The number of hydrogen-bond acceptors (Lipinski definition) is 0. The predicted octanol–water partition coefficient (Wildman–Crippen LogP) is 3.71. The lowest BCUT2D eigenvalue weighted by atomic mass is 10.0. The number of aromatic nitrogens is 1. The Hall–Kier alpha value is -1.50. The van der Waals surface area contributed by atoms with E-state index in [-0.39, 0.29) is 7.43 Å². The molecule has 1 aromatic carbocycles. The quantitative estimate of drug-likeness (QED) is 0.589. The number of fused-ring (bicyclic) bond motifs is 3. The SMILES string of the molecule is C.CC1c2ccccc2-c2cccn21. The molecule has 1 nitrogen and oxygen atoms in total. The van der Waals surface area contributed by atoms with Gasteiger partial charge >= 0.3 is 0 Å². The third-order valence-corrected chi connectivity index (χ3v) is 2.88. The molecular weight excluding hydrogens is 170 g/mol. The zero-order chi connectivity index (χ0) is 8.84. The average molecular weight is 185 g/mol. The zero-order valence-corrected chi connectivity index (χ0v) is 7.57. The van der Waals surface area contributed by atoms with Crippen molar-refractivity contribution in [2.45, 2.75) is 20.4 Å². The van der Waals surface area contributed by atoms with E-state index in [1.807, 2.05) is 0 Å². The van der Waals surface area contributed by atoms with Crippen LogP contribution in [0.4, 0.5) is 0 Å². The Bertz CT molecular complexity index is 454. The van der Waals surface area contributed by atoms with Gasteiger partial charge < -0.3 is 4.57 Å². The average Bonchev–Trinajstić information content (AvgIpc) is 2.72. The van der Waals surface area contributed by atoms with Crippen molar-refractivity contribution in [1.82, 2.24) is 4.57 Å². The first-order valence-electron chi connectivity index (χ1n) is 4.64. The highest BCUT2D eigenvalue weighted by Crippen LogP contribution is 2.38. The van der Waals surface area contributed by atoms with Gasteiger partial charge in [-0.1, -0.05) is 31.7 Å². The van der Waals surface area contributed by atoms with E-state index < -0.39 is 0 Å². The summed E-state index contributed by atoms with van der Waals surface area (Å²) in [6.45, 7) is 2.25. The van der Waals surface area contributed by atoms with Gasteiger partial charge in [0.2, 0.25) is 0 Å². The van der Waals surface area contributed by atoms with Gasteiger partial charge in [0.25, 0.3) is 0 Å². The first-order valence-corrected chi connectivity index (χ1v) is 4.64. The fourth-order valence-corrected chi connectivity index (χ4v) is 2.20. The summed E-state index contributed by atoms with van der Waals surface area (Å²) < 4.78 is 2.32. The molecule has 3 rings (SSSR count). The van der Waals surface area contributed by atoms with Gasteiger partial charge in [0.05, 0.1) is 6.04 Å². The molecule has 0 fully saturated rings. The minimum atomic E-state index is 0. The minimum Gasteiger partial charge on any atom is -0.340 e. The highest BCUT2D eigenvalue weighted by molar-refractivity contribution is 5.69. The Morgan fingerprint density at radius 2 is 1.86 bits per heavy atom. The van der Waals surface area contributed by atoms with Crippen LogP contribution in [0.3, 0.4) is 0 Å². The van der Waals surface area contributed by atoms with E-state index in [1.165, 1.54) is 16.8 Å². The molecule has 1 atom stereocenters. The van der Waals surface area contributed by atoms with Gasteiger partial charge in [-0.15, -0.1) is 0 Å². The summed E-state index contributed by atoms with van der Waals surface area (Å²) in [5.74, 6) is 0. The normalized spacial score (nSPS) is 17.1. The maximum Gasteiger partial charge on any atom is 0.0564 e. The van der Waals surface area contributed by atoms with Gasteiger partial charge in [-0.25, -0.2) is 0 Å². The third-order valence-electron chi connectivity index (χ3n) is 2.88. The van der Waals surface area contributed by atoms with Crippen molar-refractivity contribution in [2.24, 2.45) is 0 Å². The van der Waals surface area contributed by atoms with Gasteiger partial charge in [-0.2, -0.15) is 0 Å². The summed E-state index contributed by atoms with van der Waals surface area (Å²) in [5.41, 5.74) is 4.18. The lowest BCUT2D eigenvalue weighted by Gasteiger charge is -2.06. The smallest absolute Gasteiger partial charge is 0.0564 e. The second kappa shape index (κ2) is 3.02. The van der Waals surface area contributed by atoms with Crippen molar-refractivity contribution < 1.29 is 0 Å². The topological polar surface area (TPSA) is 4.93 Å². The molecule has 0 amide bonds. The fourth-order valence-electron chi connectivity index (χ4n) is 2.20. The van der Waals surface area contributed by atoms with E-state index in [0.717, 1.165) is 0 Å². The van der Waals surface area contributed by atoms with Crippen molar-refractivity contribution >= 4 is 0 Å². The molecular formula is C13H15N.